The maximum Gasteiger partial charge on any atom is 0.256 e. The van der Waals surface area contributed by atoms with Crippen LogP contribution in [0.5, 0.6) is 0 Å². The van der Waals surface area contributed by atoms with E-state index in [0.29, 0.717) is 0 Å². The molecule has 0 saturated carbocycles. The molecule has 0 atom stereocenters. The number of thiophene rings is 1. The molecular formula is C15H9NOS. The Morgan fingerprint density at radius 3 is 2.33 bits per heavy atom. The van der Waals surface area contributed by atoms with Crippen molar-refractivity contribution >= 4 is 42.4 Å². The van der Waals surface area contributed by atoms with Crippen molar-refractivity contribution < 1.29 is 0 Å². The molecule has 0 aliphatic heterocycles. The predicted octanol–water partition coefficient (Wildman–Crippen LogP) is 3.90. The molecule has 0 saturated heterocycles. The molecule has 0 unspecified atom stereocenters. The van der Waals surface area contributed by atoms with Crippen LogP contribution in [-0.2, 0) is 0 Å². The van der Waals surface area contributed by atoms with E-state index in [2.05, 4.69) is 17.1 Å². The van der Waals surface area contributed by atoms with Crippen molar-refractivity contribution in [3.05, 3.63) is 58.9 Å². The molecule has 4 aromatic rings. The number of hydrogen-bond donors (Lipinski definition) is 1. The van der Waals surface area contributed by atoms with Crippen molar-refractivity contribution in [2.75, 3.05) is 0 Å². The van der Waals surface area contributed by atoms with Crippen LogP contribution in [-0.4, -0.2) is 4.98 Å². The van der Waals surface area contributed by atoms with Gasteiger partial charge in [-0.15, -0.1) is 11.3 Å². The minimum Gasteiger partial charge on any atom is -0.320 e. The van der Waals surface area contributed by atoms with E-state index in [-0.39, 0.29) is 5.56 Å². The molecule has 2 aromatic heterocycles. The third-order valence-electron chi connectivity index (χ3n) is 3.25. The number of fused-ring (bicyclic) bond motifs is 5. The number of rotatable bonds is 0. The molecule has 4 rings (SSSR count). The Hall–Kier alpha value is -2.13. The molecule has 2 aromatic carbocycles. The highest BCUT2D eigenvalue weighted by atomic mass is 32.1. The van der Waals surface area contributed by atoms with E-state index >= 15 is 0 Å². The molecule has 0 aliphatic carbocycles. The van der Waals surface area contributed by atoms with Crippen molar-refractivity contribution in [3.8, 4) is 0 Å². The van der Waals surface area contributed by atoms with E-state index in [1.165, 1.54) is 4.70 Å². The van der Waals surface area contributed by atoms with E-state index in [1.807, 2.05) is 36.4 Å². The number of benzene rings is 2. The van der Waals surface area contributed by atoms with Gasteiger partial charge in [0.05, 0.1) is 10.2 Å². The minimum atomic E-state index is -0.0124. The van der Waals surface area contributed by atoms with Crippen LogP contribution in [0, 0.1) is 0 Å². The average Bonchev–Trinajstić information content (AvgIpc) is 2.78. The number of hydrogen-bond acceptors (Lipinski definition) is 2. The molecule has 86 valence electrons. The monoisotopic (exact) mass is 251 g/mol. The molecule has 0 fully saturated rings. The fourth-order valence-corrected chi connectivity index (χ4v) is 3.62. The molecule has 0 amide bonds. The second kappa shape index (κ2) is 3.43. The summed E-state index contributed by atoms with van der Waals surface area (Å²) in [4.78, 5) is 15.1. The van der Waals surface area contributed by atoms with Crippen LogP contribution in [0.2, 0.25) is 0 Å². The van der Waals surface area contributed by atoms with Crippen LogP contribution < -0.4 is 5.56 Å². The smallest absolute Gasteiger partial charge is 0.256 e. The summed E-state index contributed by atoms with van der Waals surface area (Å²) in [6, 6.07) is 15.9. The SMILES string of the molecule is O=c1[nH]c2c3ccccc3sc2c2ccccc12. The molecule has 0 radical (unpaired) electrons. The third kappa shape index (κ3) is 1.19. The maximum absolute atomic E-state index is 12.1. The van der Waals surface area contributed by atoms with Gasteiger partial charge in [0.15, 0.2) is 0 Å². The molecule has 2 heterocycles. The Kier molecular flexibility index (Phi) is 1.88. The zero-order valence-electron chi connectivity index (χ0n) is 9.44. The quantitative estimate of drug-likeness (QED) is 0.505. The lowest BCUT2D eigenvalue weighted by molar-refractivity contribution is 1.36. The van der Waals surface area contributed by atoms with Crippen LogP contribution >= 0.6 is 11.3 Å². The van der Waals surface area contributed by atoms with Crippen molar-refractivity contribution in [1.29, 1.82) is 0 Å². The topological polar surface area (TPSA) is 32.9 Å². The van der Waals surface area contributed by atoms with Crippen LogP contribution in [0.15, 0.2) is 53.3 Å². The van der Waals surface area contributed by atoms with Gasteiger partial charge < -0.3 is 4.98 Å². The Bertz CT molecular complexity index is 949. The minimum absolute atomic E-state index is 0.0124. The second-order valence-corrected chi connectivity index (χ2v) is 5.35. The number of H-pyrrole nitrogens is 1. The van der Waals surface area contributed by atoms with Gasteiger partial charge in [-0.25, -0.2) is 0 Å². The molecule has 0 aliphatic rings. The van der Waals surface area contributed by atoms with Crippen molar-refractivity contribution in [2.24, 2.45) is 0 Å². The number of aromatic amines is 1. The number of nitrogens with one attached hydrogen (secondary N) is 1. The molecule has 18 heavy (non-hydrogen) atoms. The summed E-state index contributed by atoms with van der Waals surface area (Å²) in [5.74, 6) is 0. The summed E-state index contributed by atoms with van der Waals surface area (Å²) < 4.78 is 2.37. The maximum atomic E-state index is 12.1. The van der Waals surface area contributed by atoms with Crippen LogP contribution in [0.4, 0.5) is 0 Å². The first kappa shape index (κ1) is 9.85. The molecule has 1 N–H and O–H groups in total. The van der Waals surface area contributed by atoms with Gasteiger partial charge in [0, 0.05) is 20.9 Å². The van der Waals surface area contributed by atoms with Gasteiger partial charge in [-0.05, 0) is 12.1 Å². The van der Waals surface area contributed by atoms with Gasteiger partial charge in [-0.2, -0.15) is 0 Å². The highest BCUT2D eigenvalue weighted by Crippen LogP contribution is 2.35. The molecule has 0 spiro atoms. The summed E-state index contributed by atoms with van der Waals surface area (Å²) >= 11 is 1.73. The van der Waals surface area contributed by atoms with Gasteiger partial charge in [-0.1, -0.05) is 36.4 Å². The Balaban J connectivity index is 2.40. The molecule has 3 heteroatoms. The summed E-state index contributed by atoms with van der Waals surface area (Å²) in [5.41, 5.74) is 0.945. The van der Waals surface area contributed by atoms with Crippen molar-refractivity contribution in [2.45, 2.75) is 0 Å². The zero-order valence-corrected chi connectivity index (χ0v) is 10.3. The Labute approximate surface area is 106 Å². The normalized spacial score (nSPS) is 11.6. The van der Waals surface area contributed by atoms with Gasteiger partial charge in [-0.3, -0.25) is 4.79 Å². The third-order valence-corrected chi connectivity index (χ3v) is 4.45. The summed E-state index contributed by atoms with van der Waals surface area (Å²) in [6.45, 7) is 0. The van der Waals surface area contributed by atoms with Gasteiger partial charge in [0.25, 0.3) is 5.56 Å². The van der Waals surface area contributed by atoms with Crippen LogP contribution in [0.25, 0.3) is 31.1 Å². The highest BCUT2D eigenvalue weighted by Gasteiger charge is 2.10. The Morgan fingerprint density at radius 1 is 0.833 bits per heavy atom. The van der Waals surface area contributed by atoms with E-state index in [9.17, 15) is 4.79 Å². The van der Waals surface area contributed by atoms with Crippen molar-refractivity contribution in [1.82, 2.24) is 4.98 Å². The van der Waals surface area contributed by atoms with Crippen LogP contribution in [0.1, 0.15) is 0 Å². The highest BCUT2D eigenvalue weighted by molar-refractivity contribution is 7.26. The van der Waals surface area contributed by atoms with Crippen LogP contribution in [0.3, 0.4) is 0 Å². The van der Waals surface area contributed by atoms with E-state index in [0.717, 1.165) is 26.4 Å². The first-order chi connectivity index (χ1) is 8.84. The molecule has 0 bridgehead atoms. The summed E-state index contributed by atoms with van der Waals surface area (Å²) in [6.07, 6.45) is 0. The lowest BCUT2D eigenvalue weighted by atomic mass is 10.1. The van der Waals surface area contributed by atoms with Crippen molar-refractivity contribution in [3.63, 3.8) is 0 Å². The predicted molar refractivity (Wildman–Crippen MR) is 77.5 cm³/mol. The summed E-state index contributed by atoms with van der Waals surface area (Å²) in [7, 11) is 0. The first-order valence-corrected chi connectivity index (χ1v) is 6.58. The summed E-state index contributed by atoms with van der Waals surface area (Å²) in [5, 5.41) is 2.93. The average molecular weight is 251 g/mol. The van der Waals surface area contributed by atoms with Gasteiger partial charge in [0.1, 0.15) is 0 Å². The molecular weight excluding hydrogens is 242 g/mol. The number of aromatic nitrogens is 1. The van der Waals surface area contributed by atoms with Gasteiger partial charge >= 0.3 is 0 Å². The number of pyridine rings is 1. The van der Waals surface area contributed by atoms with E-state index < -0.39 is 0 Å². The van der Waals surface area contributed by atoms with E-state index in [1.54, 1.807) is 11.3 Å². The fourth-order valence-electron chi connectivity index (χ4n) is 2.42. The van der Waals surface area contributed by atoms with Gasteiger partial charge in [0.2, 0.25) is 0 Å². The first-order valence-electron chi connectivity index (χ1n) is 5.77. The Morgan fingerprint density at radius 2 is 1.50 bits per heavy atom. The lowest BCUT2D eigenvalue weighted by Crippen LogP contribution is -2.04. The largest absolute Gasteiger partial charge is 0.320 e. The van der Waals surface area contributed by atoms with E-state index in [4.69, 9.17) is 0 Å². The fraction of sp³-hybridized carbons (Fsp3) is 0. The molecule has 2 nitrogen and oxygen atoms in total. The standard InChI is InChI=1S/C15H9NOS/c17-15-10-6-2-1-5-9(10)14-13(16-15)11-7-3-4-8-12(11)18-14/h1-8H,(H,16,17). The zero-order chi connectivity index (χ0) is 12.1. The lowest BCUT2D eigenvalue weighted by Gasteiger charge is -1.98. The second-order valence-electron chi connectivity index (χ2n) is 4.30.